The van der Waals surface area contributed by atoms with Crippen molar-refractivity contribution in [1.29, 1.82) is 0 Å². The number of rotatable bonds is 2. The summed E-state index contributed by atoms with van der Waals surface area (Å²) in [5.74, 6) is 4.62. The lowest BCUT2D eigenvalue weighted by Gasteiger charge is -2.02. The van der Waals surface area contributed by atoms with Gasteiger partial charge in [0, 0.05) is 0 Å². The predicted octanol–water partition coefficient (Wildman–Crippen LogP) is -0.493. The van der Waals surface area contributed by atoms with Crippen LogP contribution in [0.5, 0.6) is 5.75 Å². The predicted molar refractivity (Wildman–Crippen MR) is 48.6 cm³/mol. The molecule has 1 aromatic rings. The first-order valence-electron chi connectivity index (χ1n) is 3.70. The van der Waals surface area contributed by atoms with Crippen LogP contribution in [0, 0.1) is 0 Å². The van der Waals surface area contributed by atoms with Crippen LogP contribution in [0.15, 0.2) is 18.2 Å². The molecule has 0 fully saturated rings. The number of hydrogen-bond acceptors (Lipinski definition) is 4. The van der Waals surface area contributed by atoms with Crippen molar-refractivity contribution >= 4 is 11.6 Å². The fourth-order valence-corrected chi connectivity index (χ4v) is 0.950. The normalized spacial score (nSPS) is 9.62. The van der Waals surface area contributed by atoms with Crippen molar-refractivity contribution in [3.05, 3.63) is 23.8 Å². The van der Waals surface area contributed by atoms with Gasteiger partial charge in [-0.2, -0.15) is 0 Å². The lowest BCUT2D eigenvalue weighted by Crippen LogP contribution is -2.31. The Balaban J connectivity index is 2.79. The van der Waals surface area contributed by atoms with Crippen LogP contribution in [0.25, 0.3) is 0 Å². The van der Waals surface area contributed by atoms with Gasteiger partial charge in [0.1, 0.15) is 5.75 Å². The van der Waals surface area contributed by atoms with Crippen molar-refractivity contribution in [2.45, 2.75) is 6.42 Å². The first kappa shape index (κ1) is 9.34. The van der Waals surface area contributed by atoms with Gasteiger partial charge in [-0.25, -0.2) is 5.84 Å². The average molecular weight is 181 g/mol. The minimum Gasteiger partial charge on any atom is -0.506 e. The number of phenols is 1. The number of carbonyl (C=O) groups excluding carboxylic acids is 1. The molecule has 1 rings (SSSR count). The summed E-state index contributed by atoms with van der Waals surface area (Å²) in [6.07, 6.45) is 0.154. The second-order valence-corrected chi connectivity index (χ2v) is 2.64. The van der Waals surface area contributed by atoms with Gasteiger partial charge in [-0.1, -0.05) is 6.07 Å². The van der Waals surface area contributed by atoms with E-state index in [0.29, 0.717) is 5.56 Å². The zero-order valence-electron chi connectivity index (χ0n) is 6.95. The summed E-state index contributed by atoms with van der Waals surface area (Å²) in [4.78, 5) is 10.8. The molecule has 0 radical (unpaired) electrons. The third-order valence-corrected chi connectivity index (χ3v) is 1.62. The highest BCUT2D eigenvalue weighted by Crippen LogP contribution is 2.20. The van der Waals surface area contributed by atoms with E-state index in [1.807, 2.05) is 5.43 Å². The van der Waals surface area contributed by atoms with Crippen molar-refractivity contribution in [1.82, 2.24) is 5.43 Å². The Bertz CT molecular complexity index is 325. The molecule has 0 spiro atoms. The van der Waals surface area contributed by atoms with Crippen molar-refractivity contribution in [2.24, 2.45) is 5.84 Å². The number of nitrogens with one attached hydrogen (secondary N) is 1. The third kappa shape index (κ3) is 2.34. The van der Waals surface area contributed by atoms with Crippen LogP contribution in [-0.2, 0) is 11.2 Å². The molecule has 6 N–H and O–H groups in total. The molecule has 0 bridgehead atoms. The Kier molecular flexibility index (Phi) is 2.71. The van der Waals surface area contributed by atoms with E-state index < -0.39 is 0 Å². The van der Waals surface area contributed by atoms with Crippen LogP contribution in [0.2, 0.25) is 0 Å². The van der Waals surface area contributed by atoms with Gasteiger partial charge < -0.3 is 10.8 Å². The monoisotopic (exact) mass is 181 g/mol. The van der Waals surface area contributed by atoms with Crippen molar-refractivity contribution in [3.63, 3.8) is 0 Å². The van der Waals surface area contributed by atoms with Gasteiger partial charge in [0.05, 0.1) is 12.1 Å². The van der Waals surface area contributed by atoms with E-state index in [2.05, 4.69) is 0 Å². The summed E-state index contributed by atoms with van der Waals surface area (Å²) >= 11 is 0. The lowest BCUT2D eigenvalue weighted by molar-refractivity contribution is -0.120. The van der Waals surface area contributed by atoms with E-state index in [1.165, 1.54) is 12.1 Å². The molecule has 1 aromatic carbocycles. The Morgan fingerprint density at radius 3 is 2.77 bits per heavy atom. The molecule has 5 nitrogen and oxygen atoms in total. The third-order valence-electron chi connectivity index (χ3n) is 1.62. The molecule has 5 heteroatoms. The van der Waals surface area contributed by atoms with E-state index in [0.717, 1.165) is 0 Å². The van der Waals surface area contributed by atoms with Gasteiger partial charge in [-0.05, 0) is 17.7 Å². The smallest absolute Gasteiger partial charge is 0.238 e. The molecule has 70 valence electrons. The number of aromatic hydroxyl groups is 1. The fourth-order valence-electron chi connectivity index (χ4n) is 0.950. The first-order chi connectivity index (χ1) is 6.13. The van der Waals surface area contributed by atoms with Crippen LogP contribution in [0.4, 0.5) is 5.69 Å². The summed E-state index contributed by atoms with van der Waals surface area (Å²) in [5.41, 5.74) is 8.39. The van der Waals surface area contributed by atoms with Crippen LogP contribution < -0.4 is 17.0 Å². The Morgan fingerprint density at radius 2 is 2.23 bits per heavy atom. The molecule has 0 unspecified atom stereocenters. The van der Waals surface area contributed by atoms with Crippen LogP contribution >= 0.6 is 0 Å². The van der Waals surface area contributed by atoms with Crippen LogP contribution in [-0.4, -0.2) is 11.0 Å². The number of nitrogen functional groups attached to an aromatic ring is 1. The van der Waals surface area contributed by atoms with E-state index in [4.69, 9.17) is 16.7 Å². The number of hydrogen-bond donors (Lipinski definition) is 4. The number of anilines is 1. The molecule has 0 saturated carbocycles. The molecular formula is C8H11N3O2. The molecule has 0 aliphatic carbocycles. The highest BCUT2D eigenvalue weighted by atomic mass is 16.3. The van der Waals surface area contributed by atoms with Crippen molar-refractivity contribution in [3.8, 4) is 5.75 Å². The summed E-state index contributed by atoms with van der Waals surface area (Å²) in [7, 11) is 0. The molecule has 1 amide bonds. The van der Waals surface area contributed by atoms with Crippen LogP contribution in [0.1, 0.15) is 5.56 Å². The highest BCUT2D eigenvalue weighted by Gasteiger charge is 2.03. The SMILES string of the molecule is NNC(=O)Cc1ccc(O)c(N)c1. The van der Waals surface area contributed by atoms with E-state index in [9.17, 15) is 4.79 Å². The minimum atomic E-state index is -0.301. The maximum absolute atomic E-state index is 10.8. The fraction of sp³-hybridized carbons (Fsp3) is 0.125. The highest BCUT2D eigenvalue weighted by molar-refractivity contribution is 5.78. The van der Waals surface area contributed by atoms with E-state index in [-0.39, 0.29) is 23.8 Å². The minimum absolute atomic E-state index is 0.0110. The topological polar surface area (TPSA) is 101 Å². The molecule has 0 heterocycles. The average Bonchev–Trinajstić information content (AvgIpc) is 2.11. The molecule has 0 saturated heterocycles. The molecule has 0 atom stereocenters. The van der Waals surface area contributed by atoms with E-state index in [1.54, 1.807) is 6.07 Å². The second-order valence-electron chi connectivity index (χ2n) is 2.64. The molecule has 0 aliphatic heterocycles. The summed E-state index contributed by atoms with van der Waals surface area (Å²) in [6.45, 7) is 0. The summed E-state index contributed by atoms with van der Waals surface area (Å²) < 4.78 is 0. The van der Waals surface area contributed by atoms with Gasteiger partial charge in [-0.15, -0.1) is 0 Å². The Morgan fingerprint density at radius 1 is 1.54 bits per heavy atom. The Hall–Kier alpha value is -1.75. The van der Waals surface area contributed by atoms with Crippen molar-refractivity contribution in [2.75, 3.05) is 5.73 Å². The largest absolute Gasteiger partial charge is 0.506 e. The molecular weight excluding hydrogens is 170 g/mol. The zero-order chi connectivity index (χ0) is 9.84. The Labute approximate surface area is 75.3 Å². The van der Waals surface area contributed by atoms with Gasteiger partial charge in [0.15, 0.2) is 0 Å². The quantitative estimate of drug-likeness (QED) is 0.162. The molecule has 0 aliphatic rings. The zero-order valence-corrected chi connectivity index (χ0v) is 6.95. The summed E-state index contributed by atoms with van der Waals surface area (Å²) in [5, 5.41) is 9.08. The van der Waals surface area contributed by atoms with Gasteiger partial charge in [0.2, 0.25) is 5.91 Å². The summed E-state index contributed by atoms with van der Waals surface area (Å²) in [6, 6.07) is 4.58. The van der Waals surface area contributed by atoms with Crippen molar-refractivity contribution < 1.29 is 9.90 Å². The van der Waals surface area contributed by atoms with Gasteiger partial charge in [0.25, 0.3) is 0 Å². The maximum Gasteiger partial charge on any atom is 0.238 e. The van der Waals surface area contributed by atoms with Gasteiger partial charge in [-0.3, -0.25) is 10.2 Å². The maximum atomic E-state index is 10.8. The molecule has 0 aromatic heterocycles. The first-order valence-corrected chi connectivity index (χ1v) is 3.70. The second kappa shape index (κ2) is 3.77. The standard InChI is InChI=1S/C8H11N3O2/c9-6-3-5(1-2-7(6)12)4-8(13)11-10/h1-3,12H,4,9-10H2,(H,11,13). The number of phenolic OH excluding ortho intramolecular Hbond substituents is 1. The number of carbonyl (C=O) groups is 1. The molecule has 13 heavy (non-hydrogen) atoms. The lowest BCUT2D eigenvalue weighted by atomic mass is 10.1. The number of nitrogens with two attached hydrogens (primary N) is 2. The van der Waals surface area contributed by atoms with E-state index >= 15 is 0 Å². The van der Waals surface area contributed by atoms with Crippen LogP contribution in [0.3, 0.4) is 0 Å². The van der Waals surface area contributed by atoms with Gasteiger partial charge >= 0.3 is 0 Å². The number of benzene rings is 1. The number of hydrazine groups is 1. The number of amides is 1.